The zero-order valence-electron chi connectivity index (χ0n) is 14.0. The van der Waals surface area contributed by atoms with Gasteiger partial charge in [-0.25, -0.2) is 0 Å². The molecule has 1 aliphatic carbocycles. The fourth-order valence-corrected chi connectivity index (χ4v) is 4.17. The molecule has 2 aromatic rings. The Labute approximate surface area is 132 Å². The van der Waals surface area contributed by atoms with Crippen molar-refractivity contribution in [3.63, 3.8) is 0 Å². The number of fused-ring (bicyclic) bond motifs is 2. The third kappa shape index (κ3) is 2.58. The molecule has 3 rings (SSSR count). The molecule has 0 aliphatic heterocycles. The molecule has 118 valence electrons. The SMILES string of the molecule is CC(C)N(C(C)C)C1CCc2cc3[nH]cc(C=O)c3cc2C1. The number of rotatable bonds is 4. The number of nitrogens with zero attached hydrogens (tertiary/aromatic N) is 1. The maximum atomic E-state index is 11.2. The van der Waals surface area contributed by atoms with Crippen LogP contribution in [0.2, 0.25) is 0 Å². The molecule has 1 heterocycles. The van der Waals surface area contributed by atoms with Crippen molar-refractivity contribution < 1.29 is 4.79 Å². The summed E-state index contributed by atoms with van der Waals surface area (Å²) in [4.78, 5) is 17.0. The highest BCUT2D eigenvalue weighted by atomic mass is 16.1. The normalized spacial score (nSPS) is 18.4. The van der Waals surface area contributed by atoms with Crippen LogP contribution < -0.4 is 0 Å². The number of aldehydes is 1. The Bertz CT molecular complexity index is 676. The highest BCUT2D eigenvalue weighted by molar-refractivity contribution is 5.97. The molecule has 1 aliphatic rings. The van der Waals surface area contributed by atoms with E-state index in [1.54, 1.807) is 0 Å². The maximum absolute atomic E-state index is 11.2. The molecule has 3 heteroatoms. The van der Waals surface area contributed by atoms with Gasteiger partial charge in [0.2, 0.25) is 0 Å². The summed E-state index contributed by atoms with van der Waals surface area (Å²) in [5, 5.41) is 1.06. The number of benzene rings is 1. The van der Waals surface area contributed by atoms with Crippen molar-refractivity contribution in [2.24, 2.45) is 0 Å². The number of nitrogens with one attached hydrogen (secondary N) is 1. The van der Waals surface area contributed by atoms with E-state index in [9.17, 15) is 4.79 Å². The lowest BCUT2D eigenvalue weighted by Gasteiger charge is -2.40. The van der Waals surface area contributed by atoms with Crippen molar-refractivity contribution >= 4 is 17.2 Å². The second-order valence-corrected chi connectivity index (χ2v) is 7.06. The van der Waals surface area contributed by atoms with Crippen LogP contribution in [0.3, 0.4) is 0 Å². The predicted octanol–water partition coefficient (Wildman–Crippen LogP) is 3.96. The Balaban J connectivity index is 1.96. The number of H-pyrrole nitrogens is 1. The van der Waals surface area contributed by atoms with Crippen molar-refractivity contribution in [3.8, 4) is 0 Å². The van der Waals surface area contributed by atoms with Crippen LogP contribution in [0.1, 0.15) is 55.6 Å². The molecule has 0 radical (unpaired) electrons. The van der Waals surface area contributed by atoms with Crippen molar-refractivity contribution in [1.29, 1.82) is 0 Å². The van der Waals surface area contributed by atoms with E-state index in [1.807, 2.05) is 6.20 Å². The summed E-state index contributed by atoms with van der Waals surface area (Å²) >= 11 is 0. The molecule has 1 aromatic heterocycles. The maximum Gasteiger partial charge on any atom is 0.152 e. The summed E-state index contributed by atoms with van der Waals surface area (Å²) in [5.74, 6) is 0. The van der Waals surface area contributed by atoms with Crippen LogP contribution >= 0.6 is 0 Å². The molecule has 0 spiro atoms. The molecule has 1 N–H and O–H groups in total. The van der Waals surface area contributed by atoms with Gasteiger partial charge in [-0.05, 0) is 70.2 Å². The Hall–Kier alpha value is -1.61. The van der Waals surface area contributed by atoms with E-state index in [0.29, 0.717) is 18.1 Å². The minimum absolute atomic E-state index is 0.563. The molecular formula is C19H26N2O. The summed E-state index contributed by atoms with van der Waals surface area (Å²) in [7, 11) is 0. The molecule has 3 nitrogen and oxygen atoms in total. The number of hydrogen-bond acceptors (Lipinski definition) is 2. The molecule has 0 saturated heterocycles. The van der Waals surface area contributed by atoms with Crippen LogP contribution in [0.4, 0.5) is 0 Å². The molecule has 0 amide bonds. The molecular weight excluding hydrogens is 272 g/mol. The van der Waals surface area contributed by atoms with Crippen molar-refractivity contribution in [2.75, 3.05) is 0 Å². The van der Waals surface area contributed by atoms with Crippen LogP contribution in [0, 0.1) is 0 Å². The highest BCUT2D eigenvalue weighted by Gasteiger charge is 2.28. The van der Waals surface area contributed by atoms with E-state index in [0.717, 1.165) is 35.6 Å². The Morgan fingerprint density at radius 3 is 2.55 bits per heavy atom. The quantitative estimate of drug-likeness (QED) is 0.867. The molecule has 1 aromatic carbocycles. The summed E-state index contributed by atoms with van der Waals surface area (Å²) in [5.41, 5.74) is 4.71. The smallest absolute Gasteiger partial charge is 0.152 e. The molecule has 1 unspecified atom stereocenters. The van der Waals surface area contributed by atoms with Crippen LogP contribution in [0.25, 0.3) is 10.9 Å². The van der Waals surface area contributed by atoms with Crippen LogP contribution in [0.15, 0.2) is 18.3 Å². The van der Waals surface area contributed by atoms with Gasteiger partial charge in [0.1, 0.15) is 0 Å². The predicted molar refractivity (Wildman–Crippen MR) is 91.6 cm³/mol. The van der Waals surface area contributed by atoms with Gasteiger partial charge in [0.25, 0.3) is 0 Å². The lowest BCUT2D eigenvalue weighted by molar-refractivity contribution is 0.102. The van der Waals surface area contributed by atoms with Gasteiger partial charge < -0.3 is 4.98 Å². The van der Waals surface area contributed by atoms with Crippen molar-refractivity contribution in [2.45, 2.75) is 65.1 Å². The lowest BCUT2D eigenvalue weighted by atomic mass is 9.85. The van der Waals surface area contributed by atoms with Crippen molar-refractivity contribution in [1.82, 2.24) is 9.88 Å². The fraction of sp³-hybridized carbons (Fsp3) is 0.526. The Morgan fingerprint density at radius 1 is 1.18 bits per heavy atom. The summed E-state index contributed by atoms with van der Waals surface area (Å²) in [6.07, 6.45) is 6.19. The van der Waals surface area contributed by atoms with E-state index < -0.39 is 0 Å². The van der Waals surface area contributed by atoms with Crippen LogP contribution in [-0.2, 0) is 12.8 Å². The van der Waals surface area contributed by atoms with Gasteiger partial charge in [0.05, 0.1) is 0 Å². The van der Waals surface area contributed by atoms with Gasteiger partial charge in [0.15, 0.2) is 6.29 Å². The number of carbonyl (C=O) groups excluding carboxylic acids is 1. The molecule has 1 atom stereocenters. The van der Waals surface area contributed by atoms with Crippen LogP contribution in [-0.4, -0.2) is 34.3 Å². The topological polar surface area (TPSA) is 36.1 Å². The first-order valence-electron chi connectivity index (χ1n) is 8.36. The summed E-state index contributed by atoms with van der Waals surface area (Å²) in [6.45, 7) is 9.15. The molecule has 0 saturated carbocycles. The van der Waals surface area contributed by atoms with E-state index in [4.69, 9.17) is 0 Å². The minimum atomic E-state index is 0.563. The van der Waals surface area contributed by atoms with Gasteiger partial charge in [0, 0.05) is 40.8 Å². The third-order valence-electron chi connectivity index (χ3n) is 4.98. The van der Waals surface area contributed by atoms with E-state index >= 15 is 0 Å². The van der Waals surface area contributed by atoms with Gasteiger partial charge >= 0.3 is 0 Å². The summed E-state index contributed by atoms with van der Waals surface area (Å²) < 4.78 is 0. The van der Waals surface area contributed by atoms with Gasteiger partial charge in [-0.1, -0.05) is 0 Å². The second kappa shape index (κ2) is 5.88. The Kier molecular flexibility index (Phi) is 4.09. The minimum Gasteiger partial charge on any atom is -0.360 e. The first-order chi connectivity index (χ1) is 10.5. The number of aromatic amines is 1. The average molecular weight is 298 g/mol. The van der Waals surface area contributed by atoms with E-state index in [-0.39, 0.29) is 0 Å². The Morgan fingerprint density at radius 2 is 1.91 bits per heavy atom. The second-order valence-electron chi connectivity index (χ2n) is 7.06. The molecule has 0 fully saturated rings. The van der Waals surface area contributed by atoms with E-state index in [2.05, 4.69) is 49.7 Å². The lowest BCUT2D eigenvalue weighted by Crippen LogP contribution is -2.47. The molecule has 22 heavy (non-hydrogen) atoms. The first kappa shape index (κ1) is 15.3. The average Bonchev–Trinajstić information content (AvgIpc) is 2.86. The number of aromatic nitrogens is 1. The zero-order valence-corrected chi connectivity index (χ0v) is 14.0. The van der Waals surface area contributed by atoms with E-state index in [1.165, 1.54) is 17.5 Å². The van der Waals surface area contributed by atoms with Crippen LogP contribution in [0.5, 0.6) is 0 Å². The number of carbonyl (C=O) groups is 1. The number of aryl methyl sites for hydroxylation is 1. The largest absolute Gasteiger partial charge is 0.360 e. The highest BCUT2D eigenvalue weighted by Crippen LogP contribution is 2.31. The fourth-order valence-electron chi connectivity index (χ4n) is 4.17. The van der Waals surface area contributed by atoms with Gasteiger partial charge in [-0.2, -0.15) is 0 Å². The van der Waals surface area contributed by atoms with Gasteiger partial charge in [-0.3, -0.25) is 9.69 Å². The third-order valence-corrected chi connectivity index (χ3v) is 4.98. The first-order valence-corrected chi connectivity index (χ1v) is 8.36. The standard InChI is InChI=1S/C19H26N2O/c1-12(2)21(13(3)4)17-6-5-14-9-19-18(8-15(14)7-17)16(11-22)10-20-19/h8-13,17,20H,5-7H2,1-4H3. The zero-order chi connectivity index (χ0) is 15.9. The van der Waals surface area contributed by atoms with Gasteiger partial charge in [-0.15, -0.1) is 0 Å². The van der Waals surface area contributed by atoms with Crippen molar-refractivity contribution in [3.05, 3.63) is 35.0 Å². The monoisotopic (exact) mass is 298 g/mol. The number of hydrogen-bond donors (Lipinski definition) is 1. The molecule has 0 bridgehead atoms. The summed E-state index contributed by atoms with van der Waals surface area (Å²) in [6, 6.07) is 6.20.